The van der Waals surface area contributed by atoms with Gasteiger partial charge in [-0.2, -0.15) is 0 Å². The first-order valence-electron chi connectivity index (χ1n) is 7.11. The summed E-state index contributed by atoms with van der Waals surface area (Å²) >= 11 is 0. The number of hydrogen-bond donors (Lipinski definition) is 2. The Morgan fingerprint density at radius 1 is 1.33 bits per heavy atom. The summed E-state index contributed by atoms with van der Waals surface area (Å²) in [4.78, 5) is 2.44. The van der Waals surface area contributed by atoms with Crippen molar-refractivity contribution in [3.8, 4) is 0 Å². The van der Waals surface area contributed by atoms with E-state index in [1.807, 2.05) is 0 Å². The monoisotopic (exact) mass is 258 g/mol. The lowest BCUT2D eigenvalue weighted by atomic mass is 9.97. The third kappa shape index (κ3) is 5.22. The fourth-order valence-electron chi connectivity index (χ4n) is 2.77. The first-order valence-corrected chi connectivity index (χ1v) is 7.11. The normalized spacial score (nSPS) is 29.5. The van der Waals surface area contributed by atoms with E-state index >= 15 is 0 Å². The van der Waals surface area contributed by atoms with Crippen LogP contribution >= 0.6 is 0 Å². The molecule has 108 valence electrons. The highest BCUT2D eigenvalue weighted by Crippen LogP contribution is 2.15. The maximum Gasteiger partial charge on any atom is 0.0678 e. The number of rotatable bonds is 6. The minimum atomic E-state index is -0.182. The fraction of sp³-hybridized carbons (Fsp3) is 1.00. The van der Waals surface area contributed by atoms with Crippen molar-refractivity contribution in [1.82, 2.24) is 10.2 Å². The van der Waals surface area contributed by atoms with Gasteiger partial charge >= 0.3 is 0 Å². The van der Waals surface area contributed by atoms with E-state index in [0.29, 0.717) is 18.2 Å². The van der Waals surface area contributed by atoms with Crippen LogP contribution in [0.4, 0.5) is 0 Å². The number of morpholine rings is 1. The van der Waals surface area contributed by atoms with Crippen LogP contribution in [0.2, 0.25) is 0 Å². The summed E-state index contributed by atoms with van der Waals surface area (Å²) in [6, 6.07) is 0.393. The third-order valence-corrected chi connectivity index (χ3v) is 3.46. The first kappa shape index (κ1) is 15.9. The Morgan fingerprint density at radius 2 is 1.89 bits per heavy atom. The van der Waals surface area contributed by atoms with E-state index in [2.05, 4.69) is 44.8 Å². The molecule has 1 rings (SSSR count). The maximum absolute atomic E-state index is 9.56. The molecule has 1 aliphatic heterocycles. The van der Waals surface area contributed by atoms with Gasteiger partial charge in [-0.3, -0.25) is 4.90 Å². The van der Waals surface area contributed by atoms with Crippen molar-refractivity contribution < 1.29 is 9.84 Å². The summed E-state index contributed by atoms with van der Waals surface area (Å²) in [5, 5.41) is 13.0. The Bertz CT molecular complexity index is 238. The van der Waals surface area contributed by atoms with Crippen molar-refractivity contribution >= 4 is 0 Å². The van der Waals surface area contributed by atoms with Crippen molar-refractivity contribution in [2.24, 2.45) is 0 Å². The van der Waals surface area contributed by atoms with E-state index in [9.17, 15) is 5.11 Å². The molecular weight excluding hydrogens is 228 g/mol. The zero-order chi connectivity index (χ0) is 13.8. The molecule has 0 saturated carbocycles. The molecule has 1 aliphatic rings. The zero-order valence-electron chi connectivity index (χ0n) is 12.6. The van der Waals surface area contributed by atoms with Crippen LogP contribution in [-0.2, 0) is 4.74 Å². The van der Waals surface area contributed by atoms with E-state index in [-0.39, 0.29) is 12.1 Å². The summed E-state index contributed by atoms with van der Waals surface area (Å²) in [5.74, 6) is 0. The van der Waals surface area contributed by atoms with Gasteiger partial charge in [-0.05, 0) is 27.2 Å². The Hall–Kier alpha value is -0.160. The molecule has 0 spiro atoms. The second kappa shape index (κ2) is 6.85. The lowest BCUT2D eigenvalue weighted by Crippen LogP contribution is -2.53. The highest BCUT2D eigenvalue weighted by molar-refractivity contribution is 4.86. The van der Waals surface area contributed by atoms with Gasteiger partial charge in [0.05, 0.1) is 18.8 Å². The summed E-state index contributed by atoms with van der Waals surface area (Å²) in [7, 11) is 0. The zero-order valence-corrected chi connectivity index (χ0v) is 12.6. The molecule has 4 nitrogen and oxygen atoms in total. The molecule has 0 aromatic rings. The van der Waals surface area contributed by atoms with Crippen molar-refractivity contribution in [2.75, 3.05) is 26.2 Å². The molecule has 0 amide bonds. The second-order valence-corrected chi connectivity index (χ2v) is 6.28. The predicted molar refractivity (Wildman–Crippen MR) is 74.8 cm³/mol. The molecule has 1 saturated heterocycles. The van der Waals surface area contributed by atoms with E-state index in [0.717, 1.165) is 26.1 Å². The van der Waals surface area contributed by atoms with Gasteiger partial charge in [0.2, 0.25) is 0 Å². The molecule has 0 aromatic heterocycles. The predicted octanol–water partition coefficient (Wildman–Crippen LogP) is 1.23. The summed E-state index contributed by atoms with van der Waals surface area (Å²) < 4.78 is 5.73. The van der Waals surface area contributed by atoms with E-state index < -0.39 is 0 Å². The fourth-order valence-corrected chi connectivity index (χ4v) is 2.77. The van der Waals surface area contributed by atoms with Crippen molar-refractivity contribution in [3.63, 3.8) is 0 Å². The van der Waals surface area contributed by atoms with Crippen molar-refractivity contribution in [1.29, 1.82) is 0 Å². The van der Waals surface area contributed by atoms with Gasteiger partial charge in [-0.15, -0.1) is 0 Å². The van der Waals surface area contributed by atoms with Crippen LogP contribution in [0.1, 0.15) is 41.0 Å². The molecule has 0 aromatic carbocycles. The van der Waals surface area contributed by atoms with Crippen LogP contribution in [0.3, 0.4) is 0 Å². The molecule has 0 aliphatic carbocycles. The number of hydrogen-bond acceptors (Lipinski definition) is 4. The number of aliphatic hydroxyl groups excluding tert-OH is 1. The minimum absolute atomic E-state index is 0.181. The molecule has 0 radical (unpaired) electrons. The lowest BCUT2D eigenvalue weighted by Gasteiger charge is -2.38. The number of aliphatic hydroxyl groups is 1. The quantitative estimate of drug-likeness (QED) is 0.752. The Kier molecular flexibility index (Phi) is 6.05. The van der Waals surface area contributed by atoms with E-state index in [1.165, 1.54) is 0 Å². The van der Waals surface area contributed by atoms with Crippen molar-refractivity contribution in [2.45, 2.75) is 64.8 Å². The van der Waals surface area contributed by atoms with Crippen molar-refractivity contribution in [3.05, 3.63) is 0 Å². The molecule has 1 fully saturated rings. The van der Waals surface area contributed by atoms with Gasteiger partial charge < -0.3 is 15.2 Å². The SMILES string of the molecule is CC(C)NC(C)(CO)CCN1C[C@@H](C)O[C@@H](C)C1. The molecule has 4 heteroatoms. The van der Waals surface area contributed by atoms with Gasteiger partial charge in [0, 0.05) is 31.2 Å². The van der Waals surface area contributed by atoms with Crippen LogP contribution in [0.25, 0.3) is 0 Å². The molecule has 1 heterocycles. The Morgan fingerprint density at radius 3 is 2.33 bits per heavy atom. The molecular formula is C14H30N2O2. The van der Waals surface area contributed by atoms with Gasteiger partial charge in [0.25, 0.3) is 0 Å². The highest BCUT2D eigenvalue weighted by Gasteiger charge is 2.27. The largest absolute Gasteiger partial charge is 0.394 e. The topological polar surface area (TPSA) is 44.7 Å². The van der Waals surface area contributed by atoms with Crippen LogP contribution in [0.15, 0.2) is 0 Å². The van der Waals surface area contributed by atoms with Crippen LogP contribution in [0.5, 0.6) is 0 Å². The van der Waals surface area contributed by atoms with Gasteiger partial charge in [-0.25, -0.2) is 0 Å². The van der Waals surface area contributed by atoms with Gasteiger partial charge in [0.15, 0.2) is 0 Å². The molecule has 0 bridgehead atoms. The van der Waals surface area contributed by atoms with Crippen LogP contribution in [-0.4, -0.2) is 60.0 Å². The van der Waals surface area contributed by atoms with Crippen LogP contribution < -0.4 is 5.32 Å². The molecule has 2 N–H and O–H groups in total. The second-order valence-electron chi connectivity index (χ2n) is 6.28. The number of nitrogens with one attached hydrogen (secondary N) is 1. The smallest absolute Gasteiger partial charge is 0.0678 e. The molecule has 3 atom stereocenters. The molecule has 18 heavy (non-hydrogen) atoms. The van der Waals surface area contributed by atoms with E-state index in [4.69, 9.17) is 4.74 Å². The maximum atomic E-state index is 9.56. The van der Waals surface area contributed by atoms with Gasteiger partial charge in [0.1, 0.15) is 0 Å². The van der Waals surface area contributed by atoms with Crippen LogP contribution in [0, 0.1) is 0 Å². The summed E-state index contributed by atoms with van der Waals surface area (Å²) in [6.45, 7) is 13.8. The summed E-state index contributed by atoms with van der Waals surface area (Å²) in [6.07, 6.45) is 1.58. The standard InChI is InChI=1S/C14H30N2O2/c1-11(2)15-14(5,10-17)6-7-16-8-12(3)18-13(4)9-16/h11-13,15,17H,6-10H2,1-5H3/t12-,13+,14?. The minimum Gasteiger partial charge on any atom is -0.394 e. The highest BCUT2D eigenvalue weighted by atomic mass is 16.5. The van der Waals surface area contributed by atoms with E-state index in [1.54, 1.807) is 0 Å². The van der Waals surface area contributed by atoms with Gasteiger partial charge in [-0.1, -0.05) is 13.8 Å². The average Bonchev–Trinajstić information content (AvgIpc) is 2.24. The lowest BCUT2D eigenvalue weighted by molar-refractivity contribution is -0.0700. The first-order chi connectivity index (χ1) is 8.34. The molecule has 1 unspecified atom stereocenters. The number of nitrogens with zero attached hydrogens (tertiary/aromatic N) is 1. The average molecular weight is 258 g/mol. The number of ether oxygens (including phenoxy) is 1. The Balaban J connectivity index is 2.42. The Labute approximate surface area is 112 Å². The summed E-state index contributed by atoms with van der Waals surface area (Å²) in [5.41, 5.74) is -0.182. The third-order valence-electron chi connectivity index (χ3n) is 3.46.